The van der Waals surface area contributed by atoms with Gasteiger partial charge in [0.05, 0.1) is 0 Å². The summed E-state index contributed by atoms with van der Waals surface area (Å²) in [5.74, 6) is -0.449. The van der Waals surface area contributed by atoms with Crippen molar-refractivity contribution in [1.29, 1.82) is 0 Å². The first-order valence-electron chi connectivity index (χ1n) is 8.76. The van der Waals surface area contributed by atoms with Crippen molar-refractivity contribution >= 4 is 11.6 Å². The van der Waals surface area contributed by atoms with Crippen molar-refractivity contribution < 1.29 is 9.18 Å². The van der Waals surface area contributed by atoms with Crippen LogP contribution < -0.4 is 11.1 Å². The molecule has 6 nitrogen and oxygen atoms in total. The Morgan fingerprint density at radius 2 is 2.08 bits per heavy atom. The van der Waals surface area contributed by atoms with E-state index in [9.17, 15) is 9.18 Å². The summed E-state index contributed by atoms with van der Waals surface area (Å²) in [5, 5.41) is 6.75. The van der Waals surface area contributed by atoms with Crippen molar-refractivity contribution in [3.63, 3.8) is 0 Å². The van der Waals surface area contributed by atoms with Crippen molar-refractivity contribution in [2.75, 3.05) is 5.32 Å². The number of hydrogen-bond donors (Lipinski definition) is 2. The molecule has 1 aromatic heterocycles. The van der Waals surface area contributed by atoms with Gasteiger partial charge in [0.2, 0.25) is 5.91 Å². The van der Waals surface area contributed by atoms with Crippen molar-refractivity contribution in [3.05, 3.63) is 36.7 Å². The number of nitrogens with two attached hydrogens (primary N) is 1. The van der Waals surface area contributed by atoms with Gasteiger partial charge in [-0.3, -0.25) is 4.79 Å². The SMILES string of the molecule is NC1CCC2(CC1)CC(C(=O)Nc1ccc(-n3cncn3)c(F)c1)C2. The average molecular weight is 343 g/mol. The predicted octanol–water partition coefficient (Wildman–Crippen LogP) is 2.64. The van der Waals surface area contributed by atoms with Crippen LogP contribution in [0.1, 0.15) is 38.5 Å². The third kappa shape index (κ3) is 3.16. The van der Waals surface area contributed by atoms with Gasteiger partial charge in [0.1, 0.15) is 18.3 Å². The topological polar surface area (TPSA) is 85.8 Å². The van der Waals surface area contributed by atoms with Gasteiger partial charge >= 0.3 is 0 Å². The van der Waals surface area contributed by atoms with E-state index in [2.05, 4.69) is 15.4 Å². The summed E-state index contributed by atoms with van der Waals surface area (Å²) in [4.78, 5) is 16.2. The van der Waals surface area contributed by atoms with Crippen LogP contribution in [0, 0.1) is 17.2 Å². The Bertz CT molecular complexity index is 760. The molecule has 3 N–H and O–H groups in total. The van der Waals surface area contributed by atoms with Gasteiger partial charge in [0, 0.05) is 17.6 Å². The molecule has 0 saturated heterocycles. The van der Waals surface area contributed by atoms with E-state index >= 15 is 0 Å². The number of carbonyl (C=O) groups is 1. The number of benzene rings is 1. The van der Waals surface area contributed by atoms with E-state index < -0.39 is 5.82 Å². The fraction of sp³-hybridized carbons (Fsp3) is 0.500. The maximum absolute atomic E-state index is 14.2. The first-order chi connectivity index (χ1) is 12.0. The Morgan fingerprint density at radius 1 is 1.32 bits per heavy atom. The highest BCUT2D eigenvalue weighted by Crippen LogP contribution is 2.54. The highest BCUT2D eigenvalue weighted by Gasteiger charge is 2.48. The Morgan fingerprint density at radius 3 is 2.72 bits per heavy atom. The minimum absolute atomic E-state index is 0.0200. The molecular formula is C18H22FN5O. The van der Waals surface area contributed by atoms with Crippen LogP contribution in [0.2, 0.25) is 0 Å². The lowest BCUT2D eigenvalue weighted by Crippen LogP contribution is -2.46. The molecule has 2 aromatic rings. The Kier molecular flexibility index (Phi) is 4.03. The molecule has 1 aromatic carbocycles. The maximum Gasteiger partial charge on any atom is 0.227 e. The Labute approximate surface area is 145 Å². The van der Waals surface area contributed by atoms with Crippen molar-refractivity contribution in [2.45, 2.75) is 44.6 Å². The monoisotopic (exact) mass is 343 g/mol. The summed E-state index contributed by atoms with van der Waals surface area (Å²) in [6.45, 7) is 0. The number of halogens is 1. The van der Waals surface area contributed by atoms with Crippen molar-refractivity contribution in [1.82, 2.24) is 14.8 Å². The Balaban J connectivity index is 1.37. The normalized spacial score (nSPS) is 28.6. The lowest BCUT2D eigenvalue weighted by molar-refractivity contribution is -0.128. The van der Waals surface area contributed by atoms with E-state index in [0.29, 0.717) is 22.8 Å². The zero-order valence-electron chi connectivity index (χ0n) is 14.0. The molecule has 0 bridgehead atoms. The summed E-state index contributed by atoms with van der Waals surface area (Å²) < 4.78 is 15.6. The first-order valence-corrected chi connectivity index (χ1v) is 8.76. The minimum atomic E-state index is -0.449. The summed E-state index contributed by atoms with van der Waals surface area (Å²) >= 11 is 0. The van der Waals surface area contributed by atoms with Crippen LogP contribution in [0.15, 0.2) is 30.9 Å². The molecule has 25 heavy (non-hydrogen) atoms. The molecule has 132 valence electrons. The molecule has 0 atom stereocenters. The van der Waals surface area contributed by atoms with Crippen LogP contribution in [-0.4, -0.2) is 26.7 Å². The number of rotatable bonds is 3. The van der Waals surface area contributed by atoms with Crippen LogP contribution in [-0.2, 0) is 4.79 Å². The summed E-state index contributed by atoms with van der Waals surface area (Å²) in [7, 11) is 0. The molecule has 0 unspecified atom stereocenters. The van der Waals surface area contributed by atoms with Gasteiger partial charge in [-0.05, 0) is 62.1 Å². The van der Waals surface area contributed by atoms with E-state index in [1.54, 1.807) is 12.1 Å². The van der Waals surface area contributed by atoms with Gasteiger partial charge in [0.15, 0.2) is 5.82 Å². The van der Waals surface area contributed by atoms with E-state index in [1.165, 1.54) is 23.4 Å². The smallest absolute Gasteiger partial charge is 0.227 e. The summed E-state index contributed by atoms with van der Waals surface area (Å²) in [6, 6.07) is 4.92. The number of aromatic nitrogens is 3. The zero-order valence-corrected chi connectivity index (χ0v) is 14.0. The highest BCUT2D eigenvalue weighted by molar-refractivity contribution is 5.93. The second-order valence-electron chi connectivity index (χ2n) is 7.44. The second-order valence-corrected chi connectivity index (χ2v) is 7.44. The first kappa shape index (κ1) is 16.2. The quantitative estimate of drug-likeness (QED) is 0.897. The lowest BCUT2D eigenvalue weighted by Gasteiger charge is -2.50. The van der Waals surface area contributed by atoms with E-state index in [-0.39, 0.29) is 11.8 Å². The molecule has 0 aliphatic heterocycles. The highest BCUT2D eigenvalue weighted by atomic mass is 19.1. The molecular weight excluding hydrogens is 321 g/mol. The predicted molar refractivity (Wildman–Crippen MR) is 91.5 cm³/mol. The molecule has 2 aliphatic carbocycles. The third-order valence-electron chi connectivity index (χ3n) is 5.70. The van der Waals surface area contributed by atoms with Gasteiger partial charge in [-0.2, -0.15) is 5.10 Å². The van der Waals surface area contributed by atoms with Crippen LogP contribution in [0.5, 0.6) is 0 Å². The van der Waals surface area contributed by atoms with Crippen LogP contribution in [0.4, 0.5) is 10.1 Å². The number of amides is 1. The number of anilines is 1. The lowest BCUT2D eigenvalue weighted by atomic mass is 9.55. The van der Waals surface area contributed by atoms with E-state index in [4.69, 9.17) is 5.73 Å². The van der Waals surface area contributed by atoms with Crippen molar-refractivity contribution in [3.8, 4) is 5.69 Å². The maximum atomic E-state index is 14.2. The van der Waals surface area contributed by atoms with Gasteiger partial charge in [-0.15, -0.1) is 0 Å². The second kappa shape index (κ2) is 6.22. The summed E-state index contributed by atoms with van der Waals surface area (Å²) in [6.07, 6.45) is 8.99. The minimum Gasteiger partial charge on any atom is -0.328 e. The van der Waals surface area contributed by atoms with Gasteiger partial charge in [-0.1, -0.05) is 0 Å². The van der Waals surface area contributed by atoms with Crippen LogP contribution in [0.3, 0.4) is 0 Å². The van der Waals surface area contributed by atoms with Gasteiger partial charge < -0.3 is 11.1 Å². The molecule has 7 heteroatoms. The van der Waals surface area contributed by atoms with Crippen LogP contribution in [0.25, 0.3) is 5.69 Å². The molecule has 1 spiro atoms. The largest absolute Gasteiger partial charge is 0.328 e. The van der Waals surface area contributed by atoms with Gasteiger partial charge in [-0.25, -0.2) is 14.1 Å². The van der Waals surface area contributed by atoms with E-state index in [0.717, 1.165) is 38.5 Å². The zero-order chi connectivity index (χ0) is 17.4. The molecule has 2 fully saturated rings. The number of carbonyl (C=O) groups excluding carboxylic acids is 1. The number of nitrogens with one attached hydrogen (secondary N) is 1. The molecule has 1 heterocycles. The number of hydrogen-bond acceptors (Lipinski definition) is 4. The fourth-order valence-corrected chi connectivity index (χ4v) is 4.18. The average Bonchev–Trinajstić information content (AvgIpc) is 3.08. The van der Waals surface area contributed by atoms with Crippen LogP contribution >= 0.6 is 0 Å². The molecule has 2 saturated carbocycles. The fourth-order valence-electron chi connectivity index (χ4n) is 4.18. The molecule has 2 aliphatic rings. The Hall–Kier alpha value is -2.28. The van der Waals surface area contributed by atoms with Gasteiger partial charge in [0.25, 0.3) is 0 Å². The van der Waals surface area contributed by atoms with Crippen molar-refractivity contribution in [2.24, 2.45) is 17.1 Å². The molecule has 0 radical (unpaired) electrons. The summed E-state index contributed by atoms with van der Waals surface area (Å²) in [5.41, 5.74) is 7.06. The third-order valence-corrected chi connectivity index (χ3v) is 5.70. The standard InChI is InChI=1S/C18H22FN5O/c19-15-7-14(1-2-16(15)24-11-21-10-22-24)23-17(25)12-8-18(9-12)5-3-13(20)4-6-18/h1-2,7,10-13H,3-6,8-9,20H2,(H,23,25). The molecule has 1 amide bonds. The molecule has 4 rings (SSSR count). The number of nitrogens with zero attached hydrogens (tertiary/aromatic N) is 3. The van der Waals surface area contributed by atoms with E-state index in [1.807, 2.05) is 0 Å².